The Kier molecular flexibility index (Phi) is 13.1. The van der Waals surface area contributed by atoms with E-state index in [0.29, 0.717) is 6.61 Å². The van der Waals surface area contributed by atoms with Crippen LogP contribution < -0.4 is 10.6 Å². The number of benzene rings is 1. The van der Waals surface area contributed by atoms with Crippen LogP contribution in [0.5, 0.6) is 0 Å². The van der Waals surface area contributed by atoms with Crippen LogP contribution >= 0.6 is 24.0 Å². The van der Waals surface area contributed by atoms with Crippen molar-refractivity contribution in [2.45, 2.75) is 26.2 Å². The summed E-state index contributed by atoms with van der Waals surface area (Å²) < 4.78 is 5.00. The molecule has 136 valence electrons. The van der Waals surface area contributed by atoms with E-state index < -0.39 is 0 Å². The number of guanidine groups is 1. The van der Waals surface area contributed by atoms with Crippen molar-refractivity contribution in [3.63, 3.8) is 0 Å². The second-order valence-corrected chi connectivity index (χ2v) is 5.06. The van der Waals surface area contributed by atoms with Crippen LogP contribution in [-0.4, -0.2) is 44.2 Å². The summed E-state index contributed by atoms with van der Waals surface area (Å²) in [5, 5.41) is 17.0. The van der Waals surface area contributed by atoms with Crippen molar-refractivity contribution in [3.8, 4) is 0 Å². The highest BCUT2D eigenvalue weighted by Crippen LogP contribution is 2.13. The van der Waals surface area contributed by atoms with E-state index >= 15 is 0 Å². The molecule has 0 aliphatic rings. The Balaban J connectivity index is 0.00000529. The summed E-state index contributed by atoms with van der Waals surface area (Å²) in [6, 6.07) is 6.74. The number of methoxy groups -OCH3 is 1. The number of aliphatic imine (C=N–C) groups is 1. The highest BCUT2D eigenvalue weighted by Gasteiger charge is 2.03. The van der Waals surface area contributed by atoms with Gasteiger partial charge in [0.1, 0.15) is 0 Å². The molecule has 0 saturated carbocycles. The van der Waals surface area contributed by atoms with Crippen molar-refractivity contribution in [3.05, 3.63) is 39.9 Å². The maximum atomic E-state index is 10.6. The standard InChI is InChI=1S/C16H26N4O3.HI/c1-3-17-16(19-12-13-23-2)18-11-5-4-6-14-7-9-15(10-8-14)20(21)22;/h7-10H,3-6,11-13H2,1-2H3,(H2,17,18,19);1H. The predicted molar refractivity (Wildman–Crippen MR) is 107 cm³/mol. The molecule has 0 amide bonds. The monoisotopic (exact) mass is 450 g/mol. The van der Waals surface area contributed by atoms with Gasteiger partial charge in [0.2, 0.25) is 0 Å². The van der Waals surface area contributed by atoms with E-state index in [1.165, 1.54) is 0 Å². The van der Waals surface area contributed by atoms with Crippen LogP contribution in [0.2, 0.25) is 0 Å². The number of non-ortho nitro benzene ring substituents is 1. The SMILES string of the molecule is CCNC(=NCCCCc1ccc([N+](=O)[O-])cc1)NCCOC.I. The fourth-order valence-corrected chi connectivity index (χ4v) is 2.03. The van der Waals surface area contributed by atoms with Crippen molar-refractivity contribution in [1.82, 2.24) is 10.6 Å². The lowest BCUT2D eigenvalue weighted by Gasteiger charge is -2.10. The Labute approximate surface area is 160 Å². The number of nitro groups is 1. The largest absolute Gasteiger partial charge is 0.383 e. The molecule has 0 atom stereocenters. The van der Waals surface area contributed by atoms with E-state index in [4.69, 9.17) is 4.74 Å². The number of nitrogens with zero attached hydrogens (tertiary/aromatic N) is 2. The van der Waals surface area contributed by atoms with Crippen molar-refractivity contribution in [2.75, 3.05) is 33.4 Å². The average molecular weight is 450 g/mol. The van der Waals surface area contributed by atoms with E-state index in [1.54, 1.807) is 19.2 Å². The molecule has 0 unspecified atom stereocenters. The number of aryl methyl sites for hydroxylation is 1. The van der Waals surface area contributed by atoms with Crippen molar-refractivity contribution in [2.24, 2.45) is 4.99 Å². The Morgan fingerprint density at radius 3 is 2.54 bits per heavy atom. The first-order valence-corrected chi connectivity index (χ1v) is 7.91. The third kappa shape index (κ3) is 9.66. The van der Waals surface area contributed by atoms with Crippen LogP contribution in [0.15, 0.2) is 29.3 Å². The first-order chi connectivity index (χ1) is 11.2. The van der Waals surface area contributed by atoms with Gasteiger partial charge in [0.25, 0.3) is 5.69 Å². The van der Waals surface area contributed by atoms with Gasteiger partial charge in [0, 0.05) is 38.9 Å². The molecule has 0 spiro atoms. The minimum atomic E-state index is -0.378. The van der Waals surface area contributed by atoms with Gasteiger partial charge >= 0.3 is 0 Å². The van der Waals surface area contributed by atoms with E-state index in [1.807, 2.05) is 19.1 Å². The Hall–Kier alpha value is -1.42. The number of ether oxygens (including phenoxy) is 1. The van der Waals surface area contributed by atoms with Gasteiger partial charge in [-0.1, -0.05) is 12.1 Å². The zero-order valence-electron chi connectivity index (χ0n) is 14.3. The van der Waals surface area contributed by atoms with Crippen LogP contribution in [0.4, 0.5) is 5.69 Å². The van der Waals surface area contributed by atoms with Crippen molar-refractivity contribution in [1.29, 1.82) is 0 Å². The molecule has 2 N–H and O–H groups in total. The molecular formula is C16H27IN4O3. The molecule has 0 aliphatic heterocycles. The molecule has 24 heavy (non-hydrogen) atoms. The van der Waals surface area contributed by atoms with E-state index in [-0.39, 0.29) is 34.6 Å². The summed E-state index contributed by atoms with van der Waals surface area (Å²) in [5.74, 6) is 0.805. The lowest BCUT2D eigenvalue weighted by Crippen LogP contribution is -2.39. The molecule has 0 aliphatic carbocycles. The maximum absolute atomic E-state index is 10.6. The number of nitrogens with one attached hydrogen (secondary N) is 2. The first-order valence-electron chi connectivity index (χ1n) is 7.91. The summed E-state index contributed by atoms with van der Waals surface area (Å²) in [4.78, 5) is 14.7. The maximum Gasteiger partial charge on any atom is 0.269 e. The highest BCUT2D eigenvalue weighted by atomic mass is 127. The van der Waals surface area contributed by atoms with Crippen LogP contribution in [0.25, 0.3) is 0 Å². The number of hydrogen-bond acceptors (Lipinski definition) is 4. The van der Waals surface area contributed by atoms with E-state index in [9.17, 15) is 10.1 Å². The zero-order chi connectivity index (χ0) is 16.9. The van der Waals surface area contributed by atoms with Gasteiger partial charge < -0.3 is 15.4 Å². The van der Waals surface area contributed by atoms with Crippen LogP contribution in [0, 0.1) is 10.1 Å². The zero-order valence-corrected chi connectivity index (χ0v) is 16.6. The number of nitro benzene ring substituents is 1. The lowest BCUT2D eigenvalue weighted by atomic mass is 10.1. The van der Waals surface area contributed by atoms with Gasteiger partial charge in [0.05, 0.1) is 11.5 Å². The summed E-state index contributed by atoms with van der Waals surface area (Å²) >= 11 is 0. The molecule has 0 saturated heterocycles. The van der Waals surface area contributed by atoms with Crippen LogP contribution in [-0.2, 0) is 11.2 Å². The normalized spacial score (nSPS) is 10.8. The third-order valence-electron chi connectivity index (χ3n) is 3.23. The second kappa shape index (κ2) is 14.0. The summed E-state index contributed by atoms with van der Waals surface area (Å²) in [5.41, 5.74) is 1.25. The van der Waals surface area contributed by atoms with Gasteiger partial charge in [-0.2, -0.15) is 0 Å². The predicted octanol–water partition coefficient (Wildman–Crippen LogP) is 2.74. The molecular weight excluding hydrogens is 423 g/mol. The fourth-order valence-electron chi connectivity index (χ4n) is 2.03. The molecule has 7 nitrogen and oxygen atoms in total. The minimum Gasteiger partial charge on any atom is -0.383 e. The highest BCUT2D eigenvalue weighted by molar-refractivity contribution is 14.0. The quantitative estimate of drug-likeness (QED) is 0.143. The second-order valence-electron chi connectivity index (χ2n) is 5.06. The molecule has 1 aromatic carbocycles. The van der Waals surface area contributed by atoms with Gasteiger partial charge in [0.15, 0.2) is 5.96 Å². The topological polar surface area (TPSA) is 88.8 Å². The number of rotatable bonds is 10. The Morgan fingerprint density at radius 2 is 1.96 bits per heavy atom. The third-order valence-corrected chi connectivity index (χ3v) is 3.23. The summed E-state index contributed by atoms with van der Waals surface area (Å²) in [7, 11) is 1.67. The summed E-state index contributed by atoms with van der Waals surface area (Å²) in [6.07, 6.45) is 2.87. The average Bonchev–Trinajstić information content (AvgIpc) is 2.55. The van der Waals surface area contributed by atoms with Crippen LogP contribution in [0.1, 0.15) is 25.3 Å². The number of hydrogen-bond donors (Lipinski definition) is 2. The molecule has 0 bridgehead atoms. The number of halogens is 1. The van der Waals surface area contributed by atoms with Crippen molar-refractivity contribution < 1.29 is 9.66 Å². The van der Waals surface area contributed by atoms with Gasteiger partial charge in [-0.3, -0.25) is 15.1 Å². The van der Waals surface area contributed by atoms with Gasteiger partial charge in [-0.15, -0.1) is 24.0 Å². The molecule has 8 heteroatoms. The molecule has 0 fully saturated rings. The smallest absolute Gasteiger partial charge is 0.269 e. The first kappa shape index (κ1) is 22.6. The molecule has 0 heterocycles. The van der Waals surface area contributed by atoms with Gasteiger partial charge in [-0.05, 0) is 31.7 Å². The Bertz CT molecular complexity index is 495. The number of unbranched alkanes of at least 4 members (excludes halogenated alkanes) is 1. The Morgan fingerprint density at radius 1 is 1.25 bits per heavy atom. The van der Waals surface area contributed by atoms with E-state index in [0.717, 1.165) is 50.4 Å². The minimum absolute atomic E-state index is 0. The van der Waals surface area contributed by atoms with Gasteiger partial charge in [-0.25, -0.2) is 0 Å². The molecule has 0 radical (unpaired) electrons. The van der Waals surface area contributed by atoms with E-state index in [2.05, 4.69) is 15.6 Å². The molecule has 0 aromatic heterocycles. The van der Waals surface area contributed by atoms with Crippen molar-refractivity contribution >= 4 is 35.6 Å². The lowest BCUT2D eigenvalue weighted by molar-refractivity contribution is -0.384. The van der Waals surface area contributed by atoms with Crippen LogP contribution in [0.3, 0.4) is 0 Å². The fraction of sp³-hybridized carbons (Fsp3) is 0.562. The molecule has 1 aromatic rings. The summed E-state index contributed by atoms with van der Waals surface area (Å²) in [6.45, 7) is 4.97. The molecule has 1 rings (SSSR count).